The fourth-order valence-electron chi connectivity index (χ4n) is 1.41. The van der Waals surface area contributed by atoms with Gasteiger partial charge < -0.3 is 15.8 Å². The van der Waals surface area contributed by atoms with E-state index in [4.69, 9.17) is 22.1 Å². The lowest BCUT2D eigenvalue weighted by atomic mass is 10.1. The minimum Gasteiger partial charge on any atom is -0.483 e. The zero-order chi connectivity index (χ0) is 12.8. The van der Waals surface area contributed by atoms with Crippen molar-refractivity contribution in [3.63, 3.8) is 0 Å². The summed E-state index contributed by atoms with van der Waals surface area (Å²) in [5, 5.41) is 3.12. The highest BCUT2D eigenvalue weighted by molar-refractivity contribution is 6.30. The molecule has 0 aliphatic carbocycles. The molecule has 0 aliphatic rings. The summed E-state index contributed by atoms with van der Waals surface area (Å²) in [5.74, 6) is 0.474. The van der Waals surface area contributed by atoms with Crippen molar-refractivity contribution in [1.82, 2.24) is 5.32 Å². The van der Waals surface area contributed by atoms with Gasteiger partial charge in [0.1, 0.15) is 5.75 Å². The van der Waals surface area contributed by atoms with Gasteiger partial charge in [-0.15, -0.1) is 0 Å². The molecule has 1 aromatic rings. The maximum atomic E-state index is 11.1. The van der Waals surface area contributed by atoms with Crippen LogP contribution in [0.5, 0.6) is 5.75 Å². The number of carbonyl (C=O) groups is 1. The number of benzene rings is 1. The molecule has 1 rings (SSSR count). The van der Waals surface area contributed by atoms with Crippen LogP contribution in [0.4, 0.5) is 0 Å². The lowest BCUT2D eigenvalue weighted by molar-refractivity contribution is -0.122. The van der Waals surface area contributed by atoms with Gasteiger partial charge in [-0.25, -0.2) is 0 Å². The van der Waals surface area contributed by atoms with E-state index in [0.29, 0.717) is 17.2 Å². The molecule has 0 saturated carbocycles. The zero-order valence-electron chi connectivity index (χ0n) is 10.00. The van der Waals surface area contributed by atoms with Crippen molar-refractivity contribution >= 4 is 17.5 Å². The van der Waals surface area contributed by atoms with Gasteiger partial charge in [0.2, 0.25) is 0 Å². The summed E-state index contributed by atoms with van der Waals surface area (Å²) in [6, 6.07) is 5.30. The van der Waals surface area contributed by atoms with E-state index in [1.165, 1.54) is 0 Å². The Labute approximate surface area is 106 Å². The van der Waals surface area contributed by atoms with Gasteiger partial charge in [-0.1, -0.05) is 11.6 Å². The first-order valence-electron chi connectivity index (χ1n) is 5.40. The van der Waals surface area contributed by atoms with Crippen molar-refractivity contribution < 1.29 is 9.53 Å². The van der Waals surface area contributed by atoms with Crippen LogP contribution in [0.1, 0.15) is 12.5 Å². The van der Waals surface area contributed by atoms with Gasteiger partial charge in [0.25, 0.3) is 5.91 Å². The van der Waals surface area contributed by atoms with Crippen LogP contribution < -0.4 is 15.8 Å². The number of carbonyl (C=O) groups excluding carboxylic acids is 1. The Morgan fingerprint density at radius 2 is 2.29 bits per heavy atom. The Kier molecular flexibility index (Phi) is 5.25. The van der Waals surface area contributed by atoms with Crippen molar-refractivity contribution in [1.29, 1.82) is 0 Å². The molecule has 0 spiro atoms. The number of halogens is 1. The number of likely N-dealkylation sites (N-methyl/N-ethyl adjacent to an activating group) is 1. The highest BCUT2D eigenvalue weighted by Crippen LogP contribution is 2.24. The average Bonchev–Trinajstić information content (AvgIpc) is 2.26. The molecule has 0 radical (unpaired) electrons. The van der Waals surface area contributed by atoms with Crippen LogP contribution in [0.2, 0.25) is 5.02 Å². The Morgan fingerprint density at radius 3 is 2.88 bits per heavy atom. The quantitative estimate of drug-likeness (QED) is 0.836. The van der Waals surface area contributed by atoms with E-state index >= 15 is 0 Å². The van der Waals surface area contributed by atoms with Crippen molar-refractivity contribution in [3.05, 3.63) is 28.8 Å². The summed E-state index contributed by atoms with van der Waals surface area (Å²) in [5.41, 5.74) is 6.66. The Morgan fingerprint density at radius 1 is 1.59 bits per heavy atom. The molecular formula is C12H17ClN2O2. The lowest BCUT2D eigenvalue weighted by Gasteiger charge is -2.13. The van der Waals surface area contributed by atoms with Crippen LogP contribution in [0, 0.1) is 0 Å². The molecule has 17 heavy (non-hydrogen) atoms. The largest absolute Gasteiger partial charge is 0.483 e. The van der Waals surface area contributed by atoms with Crippen molar-refractivity contribution in [2.45, 2.75) is 19.4 Å². The molecule has 0 aromatic heterocycles. The monoisotopic (exact) mass is 256 g/mol. The second-order valence-electron chi connectivity index (χ2n) is 3.90. The molecule has 0 bridgehead atoms. The van der Waals surface area contributed by atoms with Gasteiger partial charge in [-0.2, -0.15) is 0 Å². The predicted octanol–water partition coefficient (Wildman–Crippen LogP) is 1.35. The van der Waals surface area contributed by atoms with Crippen LogP contribution in [0.25, 0.3) is 0 Å². The van der Waals surface area contributed by atoms with Crippen molar-refractivity contribution in [2.24, 2.45) is 5.73 Å². The molecule has 5 heteroatoms. The third kappa shape index (κ3) is 4.63. The predicted molar refractivity (Wildman–Crippen MR) is 68.4 cm³/mol. The van der Waals surface area contributed by atoms with Gasteiger partial charge in [0.15, 0.2) is 6.61 Å². The van der Waals surface area contributed by atoms with E-state index in [2.05, 4.69) is 5.32 Å². The maximum Gasteiger partial charge on any atom is 0.257 e. The maximum absolute atomic E-state index is 11.1. The third-order valence-electron chi connectivity index (χ3n) is 2.20. The van der Waals surface area contributed by atoms with E-state index in [9.17, 15) is 4.79 Å². The Balaban J connectivity index is 2.78. The second-order valence-corrected chi connectivity index (χ2v) is 4.33. The molecule has 1 aromatic carbocycles. The van der Waals surface area contributed by atoms with E-state index in [1.54, 1.807) is 19.2 Å². The molecule has 3 N–H and O–H groups in total. The Hall–Kier alpha value is -1.26. The summed E-state index contributed by atoms with van der Waals surface area (Å²) >= 11 is 5.91. The molecule has 94 valence electrons. The van der Waals surface area contributed by atoms with E-state index in [-0.39, 0.29) is 18.6 Å². The fraction of sp³-hybridized carbons (Fsp3) is 0.417. The van der Waals surface area contributed by atoms with Crippen LogP contribution in [0.15, 0.2) is 18.2 Å². The van der Waals surface area contributed by atoms with Crippen LogP contribution in [-0.4, -0.2) is 25.6 Å². The lowest BCUT2D eigenvalue weighted by Crippen LogP contribution is -2.25. The second kappa shape index (κ2) is 6.47. The normalized spacial score (nSPS) is 12.0. The Bertz CT molecular complexity index is 394. The topological polar surface area (TPSA) is 64.3 Å². The first-order valence-corrected chi connectivity index (χ1v) is 5.78. The number of hydrogen-bond donors (Lipinski definition) is 2. The van der Waals surface area contributed by atoms with E-state index in [1.807, 2.05) is 13.0 Å². The van der Waals surface area contributed by atoms with Gasteiger partial charge in [0.05, 0.1) is 0 Å². The first kappa shape index (κ1) is 13.8. The van der Waals surface area contributed by atoms with Gasteiger partial charge in [0, 0.05) is 18.1 Å². The fourth-order valence-corrected chi connectivity index (χ4v) is 1.61. The molecule has 1 atom stereocenters. The minimum absolute atomic E-state index is 0.00984. The summed E-state index contributed by atoms with van der Waals surface area (Å²) in [6.45, 7) is 1.90. The molecule has 0 fully saturated rings. The van der Waals surface area contributed by atoms with Crippen molar-refractivity contribution in [3.8, 4) is 5.75 Å². The molecule has 1 unspecified atom stereocenters. The summed E-state index contributed by atoms with van der Waals surface area (Å²) in [4.78, 5) is 11.1. The van der Waals surface area contributed by atoms with Crippen LogP contribution in [0.3, 0.4) is 0 Å². The van der Waals surface area contributed by atoms with Crippen LogP contribution >= 0.6 is 11.6 Å². The van der Waals surface area contributed by atoms with E-state index in [0.717, 1.165) is 5.56 Å². The summed E-state index contributed by atoms with van der Waals surface area (Å²) in [6.07, 6.45) is 0.656. The van der Waals surface area contributed by atoms with Crippen LogP contribution in [-0.2, 0) is 11.2 Å². The third-order valence-corrected chi connectivity index (χ3v) is 2.44. The van der Waals surface area contributed by atoms with Gasteiger partial charge in [-0.05, 0) is 37.1 Å². The molecule has 4 nitrogen and oxygen atoms in total. The molecule has 0 aliphatic heterocycles. The molecule has 1 amide bonds. The zero-order valence-corrected chi connectivity index (χ0v) is 10.8. The van der Waals surface area contributed by atoms with Gasteiger partial charge >= 0.3 is 0 Å². The molecular weight excluding hydrogens is 240 g/mol. The van der Waals surface area contributed by atoms with Crippen molar-refractivity contribution in [2.75, 3.05) is 13.7 Å². The number of hydrogen-bond acceptors (Lipinski definition) is 3. The number of ether oxygens (including phenoxy) is 1. The number of nitrogens with one attached hydrogen (secondary N) is 1. The highest BCUT2D eigenvalue weighted by atomic mass is 35.5. The number of amides is 1. The highest BCUT2D eigenvalue weighted by Gasteiger charge is 2.08. The molecule has 0 heterocycles. The minimum atomic E-state index is -0.174. The smallest absolute Gasteiger partial charge is 0.257 e. The molecule has 0 saturated heterocycles. The summed E-state index contributed by atoms with van der Waals surface area (Å²) in [7, 11) is 1.57. The number of rotatable bonds is 5. The first-order chi connectivity index (χ1) is 8.02. The van der Waals surface area contributed by atoms with Gasteiger partial charge in [-0.3, -0.25) is 4.79 Å². The standard InChI is InChI=1S/C12H17ClN2O2/c1-8(14)5-9-6-10(13)3-4-11(9)17-7-12(16)15-2/h3-4,6,8H,5,7,14H2,1-2H3,(H,15,16). The van der Waals surface area contributed by atoms with E-state index < -0.39 is 0 Å². The average molecular weight is 257 g/mol. The number of nitrogens with two attached hydrogens (primary N) is 1. The SMILES string of the molecule is CNC(=O)COc1ccc(Cl)cc1CC(C)N. The summed E-state index contributed by atoms with van der Waals surface area (Å²) < 4.78 is 5.42.